The van der Waals surface area contributed by atoms with Crippen molar-refractivity contribution in [2.45, 2.75) is 20.0 Å². The quantitative estimate of drug-likeness (QED) is 0.266. The van der Waals surface area contributed by atoms with Crippen molar-refractivity contribution >= 4 is 33.7 Å². The summed E-state index contributed by atoms with van der Waals surface area (Å²) < 4.78 is 21.0. The number of carbonyl (C=O) groups is 2. The number of aliphatic hydroxyl groups is 1. The number of aromatic nitrogens is 2. The SMILES string of the molecule is CCOC(=O)c1c[nH]c2cc(OCC(O)COc3ccc4c(=O)c(C(=O)OCC)c[nH]c4c3)ccc2c1=O. The first-order valence-electron chi connectivity index (χ1n) is 11.9. The van der Waals surface area contributed by atoms with E-state index < -0.39 is 28.9 Å². The maximum Gasteiger partial charge on any atom is 0.343 e. The highest BCUT2D eigenvalue weighted by atomic mass is 16.5. The molecule has 0 amide bonds. The summed E-state index contributed by atoms with van der Waals surface area (Å²) in [5.74, 6) is -0.592. The molecule has 4 rings (SSSR count). The Morgan fingerprint density at radius 1 is 0.763 bits per heavy atom. The lowest BCUT2D eigenvalue weighted by atomic mass is 10.1. The summed E-state index contributed by atoms with van der Waals surface area (Å²) in [6.07, 6.45) is 1.60. The number of aliphatic hydroxyl groups excluding tert-OH is 1. The van der Waals surface area contributed by atoms with Gasteiger partial charge in [-0.05, 0) is 38.1 Å². The van der Waals surface area contributed by atoms with Crippen LogP contribution >= 0.6 is 0 Å². The van der Waals surface area contributed by atoms with Gasteiger partial charge in [-0.2, -0.15) is 0 Å². The molecule has 2 aromatic heterocycles. The molecule has 0 radical (unpaired) electrons. The first kappa shape index (κ1) is 26.4. The minimum absolute atomic E-state index is 0.0854. The third-order valence-electron chi connectivity index (χ3n) is 5.58. The van der Waals surface area contributed by atoms with Gasteiger partial charge in [0.2, 0.25) is 10.9 Å². The number of H-pyrrole nitrogens is 2. The van der Waals surface area contributed by atoms with Crippen molar-refractivity contribution in [2.24, 2.45) is 0 Å². The molecule has 0 unspecified atom stereocenters. The zero-order chi connectivity index (χ0) is 27.2. The van der Waals surface area contributed by atoms with Crippen LogP contribution in [0.25, 0.3) is 21.8 Å². The van der Waals surface area contributed by atoms with Gasteiger partial charge in [-0.1, -0.05) is 0 Å². The third-order valence-corrected chi connectivity index (χ3v) is 5.58. The molecule has 0 aliphatic heterocycles. The van der Waals surface area contributed by atoms with E-state index in [0.717, 1.165) is 0 Å². The Bertz CT molecular complexity index is 1490. The maximum absolute atomic E-state index is 12.6. The van der Waals surface area contributed by atoms with Gasteiger partial charge in [-0.3, -0.25) is 9.59 Å². The van der Waals surface area contributed by atoms with Gasteiger partial charge in [0.25, 0.3) is 0 Å². The van der Waals surface area contributed by atoms with E-state index in [2.05, 4.69) is 9.97 Å². The average Bonchev–Trinajstić information content (AvgIpc) is 2.91. The lowest BCUT2D eigenvalue weighted by Gasteiger charge is -2.14. The second-order valence-electron chi connectivity index (χ2n) is 8.19. The number of nitrogens with one attached hydrogen (secondary N) is 2. The van der Waals surface area contributed by atoms with Gasteiger partial charge in [0.1, 0.15) is 41.9 Å². The van der Waals surface area contributed by atoms with Crippen molar-refractivity contribution in [1.82, 2.24) is 9.97 Å². The van der Waals surface area contributed by atoms with Crippen LogP contribution in [0.1, 0.15) is 34.6 Å². The minimum Gasteiger partial charge on any atom is -0.491 e. The topological polar surface area (TPSA) is 157 Å². The molecule has 0 saturated heterocycles. The van der Waals surface area contributed by atoms with Crippen molar-refractivity contribution in [3.05, 3.63) is 80.4 Å². The predicted octanol–water partition coefficient (Wildman–Crippen LogP) is 2.54. The number of hydrogen-bond acceptors (Lipinski definition) is 9. The highest BCUT2D eigenvalue weighted by Gasteiger charge is 2.16. The van der Waals surface area contributed by atoms with Crippen LogP contribution in [0.2, 0.25) is 0 Å². The fraction of sp³-hybridized carbons (Fsp3) is 0.259. The van der Waals surface area contributed by atoms with E-state index in [0.29, 0.717) is 33.3 Å². The summed E-state index contributed by atoms with van der Waals surface area (Å²) in [7, 11) is 0. The molecule has 11 heteroatoms. The van der Waals surface area contributed by atoms with Crippen LogP contribution in [0.5, 0.6) is 11.5 Å². The van der Waals surface area contributed by atoms with E-state index in [1.165, 1.54) is 24.5 Å². The maximum atomic E-state index is 12.6. The van der Waals surface area contributed by atoms with Crippen LogP contribution in [-0.2, 0) is 9.47 Å². The fourth-order valence-electron chi connectivity index (χ4n) is 3.74. The van der Waals surface area contributed by atoms with E-state index in [9.17, 15) is 24.3 Å². The first-order valence-corrected chi connectivity index (χ1v) is 11.9. The smallest absolute Gasteiger partial charge is 0.343 e. The molecule has 0 aliphatic rings. The summed E-state index contributed by atoms with van der Waals surface area (Å²) in [4.78, 5) is 54.7. The number of benzene rings is 2. The number of fused-ring (bicyclic) bond motifs is 2. The zero-order valence-corrected chi connectivity index (χ0v) is 20.7. The Hall–Kier alpha value is -4.64. The highest BCUT2D eigenvalue weighted by molar-refractivity contribution is 5.94. The van der Waals surface area contributed by atoms with E-state index in [1.54, 1.807) is 38.1 Å². The van der Waals surface area contributed by atoms with Gasteiger partial charge in [0.05, 0.1) is 24.2 Å². The molecule has 2 heterocycles. The van der Waals surface area contributed by atoms with Crippen molar-refractivity contribution in [3.8, 4) is 11.5 Å². The Labute approximate surface area is 215 Å². The van der Waals surface area contributed by atoms with Crippen LogP contribution in [0.4, 0.5) is 0 Å². The number of carbonyl (C=O) groups excluding carboxylic acids is 2. The molecule has 11 nitrogen and oxygen atoms in total. The zero-order valence-electron chi connectivity index (χ0n) is 20.7. The van der Waals surface area contributed by atoms with Crippen molar-refractivity contribution in [1.29, 1.82) is 0 Å². The van der Waals surface area contributed by atoms with Crippen molar-refractivity contribution in [3.63, 3.8) is 0 Å². The molecular weight excluding hydrogens is 496 g/mol. The molecule has 0 fully saturated rings. The molecule has 38 heavy (non-hydrogen) atoms. The van der Waals surface area contributed by atoms with E-state index in [1.807, 2.05) is 0 Å². The molecule has 0 aliphatic carbocycles. The molecule has 2 aromatic carbocycles. The van der Waals surface area contributed by atoms with Crippen LogP contribution in [-0.4, -0.2) is 59.5 Å². The molecule has 0 bridgehead atoms. The molecule has 3 N–H and O–H groups in total. The number of esters is 2. The number of rotatable bonds is 10. The lowest BCUT2D eigenvalue weighted by molar-refractivity contribution is 0.0515. The van der Waals surface area contributed by atoms with E-state index >= 15 is 0 Å². The molecule has 4 aromatic rings. The van der Waals surface area contributed by atoms with Crippen molar-refractivity contribution < 1.29 is 33.6 Å². The summed E-state index contributed by atoms with van der Waals surface area (Å²) >= 11 is 0. The van der Waals surface area contributed by atoms with Gasteiger partial charge in [0.15, 0.2) is 0 Å². The molecule has 0 atom stereocenters. The lowest BCUT2D eigenvalue weighted by Crippen LogP contribution is -2.25. The molecule has 0 spiro atoms. The van der Waals surface area contributed by atoms with Crippen LogP contribution in [0, 0.1) is 0 Å². The van der Waals surface area contributed by atoms with Gasteiger partial charge >= 0.3 is 11.9 Å². The number of hydrogen-bond donors (Lipinski definition) is 3. The van der Waals surface area contributed by atoms with Gasteiger partial charge < -0.3 is 34.0 Å². The van der Waals surface area contributed by atoms with Gasteiger partial charge in [-0.15, -0.1) is 0 Å². The summed E-state index contributed by atoms with van der Waals surface area (Å²) in [5.41, 5.74) is -0.155. The summed E-state index contributed by atoms with van der Waals surface area (Å²) in [6, 6.07) is 9.35. The van der Waals surface area contributed by atoms with Crippen LogP contribution < -0.4 is 20.3 Å². The second kappa shape index (κ2) is 11.6. The van der Waals surface area contributed by atoms with E-state index in [-0.39, 0.29) is 37.6 Å². The first-order chi connectivity index (χ1) is 18.3. The Balaban J connectivity index is 1.37. The molecule has 0 saturated carbocycles. The number of aromatic amines is 2. The normalized spacial score (nSPS) is 11.1. The van der Waals surface area contributed by atoms with Gasteiger partial charge in [0, 0.05) is 35.3 Å². The van der Waals surface area contributed by atoms with Crippen LogP contribution in [0.3, 0.4) is 0 Å². The number of ether oxygens (including phenoxy) is 4. The summed E-state index contributed by atoms with van der Waals surface area (Å²) in [6.45, 7) is 3.45. The standard InChI is InChI=1S/C27H26N2O9/c1-3-35-26(33)20-11-28-22-9-16(5-7-18(22)24(20)31)37-13-15(30)14-38-17-6-8-19-23(10-17)29-12-21(25(19)32)27(34)36-4-2/h5-12,15,30H,3-4,13-14H2,1-2H3,(H,28,31)(H,29,32). The molecular formula is C27H26N2O9. The Morgan fingerprint density at radius 2 is 1.18 bits per heavy atom. The second-order valence-corrected chi connectivity index (χ2v) is 8.19. The average molecular weight is 523 g/mol. The number of pyridine rings is 2. The monoisotopic (exact) mass is 522 g/mol. The predicted molar refractivity (Wildman–Crippen MR) is 138 cm³/mol. The molecule has 198 valence electrons. The minimum atomic E-state index is -0.989. The highest BCUT2D eigenvalue weighted by Crippen LogP contribution is 2.20. The largest absolute Gasteiger partial charge is 0.491 e. The van der Waals surface area contributed by atoms with Crippen LogP contribution in [0.15, 0.2) is 58.4 Å². The van der Waals surface area contributed by atoms with Gasteiger partial charge in [-0.25, -0.2) is 9.59 Å². The summed E-state index contributed by atoms with van der Waals surface area (Å²) in [5, 5.41) is 10.9. The van der Waals surface area contributed by atoms with Crippen molar-refractivity contribution in [2.75, 3.05) is 26.4 Å². The fourth-order valence-corrected chi connectivity index (χ4v) is 3.74. The Morgan fingerprint density at radius 3 is 1.58 bits per heavy atom. The Kier molecular flexibility index (Phi) is 8.07. The third kappa shape index (κ3) is 5.68. The van der Waals surface area contributed by atoms with E-state index in [4.69, 9.17) is 18.9 Å².